The Morgan fingerprint density at radius 1 is 1.26 bits per heavy atom. The molecule has 0 bridgehead atoms. The van der Waals surface area contributed by atoms with E-state index in [9.17, 15) is 9.59 Å². The van der Waals surface area contributed by atoms with Crippen molar-refractivity contribution in [3.05, 3.63) is 0 Å². The van der Waals surface area contributed by atoms with E-state index in [1.165, 1.54) is 0 Å². The van der Waals surface area contributed by atoms with Gasteiger partial charge in [-0.15, -0.1) is 0 Å². The van der Waals surface area contributed by atoms with E-state index < -0.39 is 6.10 Å². The van der Waals surface area contributed by atoms with Gasteiger partial charge in [-0.05, 0) is 36.9 Å². The Labute approximate surface area is 148 Å². The molecule has 0 saturated carbocycles. The van der Waals surface area contributed by atoms with Gasteiger partial charge in [0.05, 0.1) is 6.07 Å². The number of hydrogen-bond donors (Lipinski definition) is 4. The van der Waals surface area contributed by atoms with Gasteiger partial charge in [-0.2, -0.15) is 28.8 Å². The van der Waals surface area contributed by atoms with Crippen molar-refractivity contribution >= 4 is 35.5 Å². The van der Waals surface area contributed by atoms with Crippen LogP contribution in [-0.4, -0.2) is 58.7 Å². The lowest BCUT2D eigenvalue weighted by Crippen LogP contribution is -2.29. The maximum atomic E-state index is 10.9. The van der Waals surface area contributed by atoms with Gasteiger partial charge in [0.15, 0.2) is 0 Å². The first-order chi connectivity index (χ1) is 9.04. The summed E-state index contributed by atoms with van der Waals surface area (Å²) in [7, 11) is 0. The van der Waals surface area contributed by atoms with Gasteiger partial charge < -0.3 is 22.1 Å². The fraction of sp³-hybridized carbons (Fsp3) is 0.769. The molecule has 2 atom stereocenters. The number of carbonyl (C=O) groups is 2. The third-order valence-electron chi connectivity index (χ3n) is 2.21. The van der Waals surface area contributed by atoms with Crippen LogP contribution in [0.4, 0.5) is 4.79 Å². The maximum absolute atomic E-state index is 10.9. The Morgan fingerprint density at radius 3 is 2.13 bits per heavy atom. The molecule has 0 aliphatic carbocycles. The molecule has 10 heteroatoms. The molecule has 1 aliphatic heterocycles. The fourth-order valence-electron chi connectivity index (χ4n) is 1.19. The average Bonchev–Trinajstić information content (AvgIpc) is 2.72. The molecule has 0 spiro atoms. The van der Waals surface area contributed by atoms with Gasteiger partial charge in [-0.3, -0.25) is 10.1 Å². The van der Waals surface area contributed by atoms with E-state index in [1.54, 1.807) is 29.6 Å². The van der Waals surface area contributed by atoms with Crippen LogP contribution in [0.2, 0.25) is 0 Å². The van der Waals surface area contributed by atoms with E-state index >= 15 is 0 Å². The minimum absolute atomic E-state index is 0. The Hall–Kier alpha value is -0.990. The van der Waals surface area contributed by atoms with Crippen molar-refractivity contribution in [1.82, 2.24) is 16.8 Å². The highest BCUT2D eigenvalue weighted by atomic mass is 32.2. The molecular formula is C13H32N4O4S2. The van der Waals surface area contributed by atoms with Crippen molar-refractivity contribution in [1.29, 1.82) is 5.26 Å². The molecule has 0 aromatic carbocycles. The molecule has 1 heterocycles. The van der Waals surface area contributed by atoms with Crippen LogP contribution in [0.3, 0.4) is 0 Å². The molecule has 2 unspecified atom stereocenters. The first-order valence-electron chi connectivity index (χ1n) is 5.72. The normalized spacial score (nSPS) is 15.5. The molecule has 23 heavy (non-hydrogen) atoms. The second-order valence-corrected chi connectivity index (χ2v) is 5.69. The number of nitriles is 1. The van der Waals surface area contributed by atoms with Crippen LogP contribution in [0.5, 0.6) is 0 Å². The number of imide groups is 1. The molecule has 1 rings (SSSR count). The number of thioether (sulfide) groups is 2. The number of aliphatic hydroxyl groups is 1. The highest BCUT2D eigenvalue weighted by Gasteiger charge is 2.28. The molecule has 140 valence electrons. The minimum Gasteiger partial charge on any atom is -0.412 e. The smallest absolute Gasteiger partial charge is 0.322 e. The van der Waals surface area contributed by atoms with Crippen molar-refractivity contribution < 1.29 is 20.2 Å². The van der Waals surface area contributed by atoms with Gasteiger partial charge in [0.2, 0.25) is 0 Å². The van der Waals surface area contributed by atoms with E-state index in [4.69, 9.17) is 10.4 Å². The third-order valence-corrected chi connectivity index (χ3v) is 3.50. The standard InChI is InChI=1S/C6H10N2O2S.C5H9NOS.2CH4.H3N.H2O/c1-11-3-2-4-5(9)8-6(10)7-4;1-8-3-2-5(7)4-6;;;;/h4H,2-3H2,1H3,(H2,7,8,9,10);5,7H,2-3H2,1H3;2*1H4;1H3;1H2. The first kappa shape index (κ1) is 33.6. The fourth-order valence-corrected chi connectivity index (χ4v) is 2.12. The molecule has 3 amide bonds. The zero-order chi connectivity index (χ0) is 14.7. The lowest BCUT2D eigenvalue weighted by atomic mass is 10.2. The zero-order valence-electron chi connectivity index (χ0n) is 12.2. The molecule has 1 saturated heterocycles. The van der Waals surface area contributed by atoms with Crippen LogP contribution in [0.15, 0.2) is 0 Å². The second-order valence-electron chi connectivity index (χ2n) is 3.72. The highest BCUT2D eigenvalue weighted by molar-refractivity contribution is 7.98. The Kier molecular flexibility index (Phi) is 30.7. The van der Waals surface area contributed by atoms with Crippen LogP contribution < -0.4 is 16.8 Å². The number of carbonyl (C=O) groups excluding carboxylic acids is 2. The summed E-state index contributed by atoms with van der Waals surface area (Å²) < 4.78 is 0. The summed E-state index contributed by atoms with van der Waals surface area (Å²) in [5, 5.41) is 21.4. The van der Waals surface area contributed by atoms with Crippen LogP contribution >= 0.6 is 23.5 Å². The van der Waals surface area contributed by atoms with Crippen molar-refractivity contribution in [2.75, 3.05) is 24.0 Å². The highest BCUT2D eigenvalue weighted by Crippen LogP contribution is 2.03. The molecule has 8 nitrogen and oxygen atoms in total. The lowest BCUT2D eigenvalue weighted by molar-refractivity contribution is -0.120. The third kappa shape index (κ3) is 17.2. The average molecular weight is 373 g/mol. The quantitative estimate of drug-likeness (QED) is 0.400. The van der Waals surface area contributed by atoms with Crippen molar-refractivity contribution in [2.24, 2.45) is 0 Å². The topological polar surface area (TPSA) is 169 Å². The van der Waals surface area contributed by atoms with E-state index in [1.807, 2.05) is 12.5 Å². The van der Waals surface area contributed by atoms with Crippen LogP contribution in [-0.2, 0) is 4.79 Å². The molecule has 0 aromatic rings. The van der Waals surface area contributed by atoms with Crippen LogP contribution in [0.25, 0.3) is 0 Å². The van der Waals surface area contributed by atoms with Gasteiger partial charge in [-0.1, -0.05) is 14.9 Å². The number of nitrogens with zero attached hydrogens (tertiary/aromatic N) is 1. The molecule has 0 aromatic heterocycles. The predicted molar refractivity (Wildman–Crippen MR) is 100 cm³/mol. The summed E-state index contributed by atoms with van der Waals surface area (Å²) in [5.74, 6) is 1.54. The molecule has 0 radical (unpaired) electrons. The van der Waals surface area contributed by atoms with E-state index in [-0.39, 0.29) is 44.5 Å². The van der Waals surface area contributed by atoms with Crippen LogP contribution in [0, 0.1) is 11.3 Å². The van der Waals surface area contributed by atoms with E-state index in [0.717, 1.165) is 11.5 Å². The summed E-state index contributed by atoms with van der Waals surface area (Å²) >= 11 is 3.29. The minimum atomic E-state index is -0.762. The lowest BCUT2D eigenvalue weighted by Gasteiger charge is -2.03. The van der Waals surface area contributed by atoms with Gasteiger partial charge in [0, 0.05) is 0 Å². The van der Waals surface area contributed by atoms with Crippen molar-refractivity contribution in [3.8, 4) is 6.07 Å². The van der Waals surface area contributed by atoms with Crippen LogP contribution in [0.1, 0.15) is 27.7 Å². The Bertz CT molecular complexity index is 340. The Morgan fingerprint density at radius 2 is 1.78 bits per heavy atom. The molecular weight excluding hydrogens is 340 g/mol. The summed E-state index contributed by atoms with van der Waals surface area (Å²) in [6, 6.07) is 1.06. The molecule has 1 fully saturated rings. The first-order valence-corrected chi connectivity index (χ1v) is 8.50. The number of rotatable bonds is 6. The summed E-state index contributed by atoms with van der Waals surface area (Å²) in [4.78, 5) is 21.5. The van der Waals surface area contributed by atoms with Crippen molar-refractivity contribution in [2.45, 2.75) is 39.8 Å². The zero-order valence-corrected chi connectivity index (χ0v) is 13.9. The van der Waals surface area contributed by atoms with E-state index in [0.29, 0.717) is 12.8 Å². The molecule has 1 aliphatic rings. The van der Waals surface area contributed by atoms with Gasteiger partial charge in [0.25, 0.3) is 5.91 Å². The van der Waals surface area contributed by atoms with Gasteiger partial charge in [-0.25, -0.2) is 4.79 Å². The molecule has 8 N–H and O–H groups in total. The number of urea groups is 1. The van der Waals surface area contributed by atoms with Gasteiger partial charge >= 0.3 is 6.03 Å². The maximum Gasteiger partial charge on any atom is 0.322 e. The largest absolute Gasteiger partial charge is 0.412 e. The second kappa shape index (κ2) is 21.0. The summed E-state index contributed by atoms with van der Waals surface area (Å²) in [5.41, 5.74) is 0. The number of nitrogens with one attached hydrogen (secondary N) is 2. The van der Waals surface area contributed by atoms with Crippen molar-refractivity contribution in [3.63, 3.8) is 0 Å². The Balaban J connectivity index is -0.0000000830. The SMILES string of the molecule is C.C.CSCCC(O)C#N.CSCCC1NC(=O)NC1=O.N.O. The van der Waals surface area contributed by atoms with E-state index in [2.05, 4.69) is 10.6 Å². The van der Waals surface area contributed by atoms with Gasteiger partial charge in [0.1, 0.15) is 12.1 Å². The number of hydrogen-bond acceptors (Lipinski definition) is 7. The predicted octanol–water partition coefficient (Wildman–Crippen LogP) is 1.18. The summed E-state index contributed by atoms with van der Waals surface area (Å²) in [6.45, 7) is 0. The number of amides is 3. The number of aliphatic hydroxyl groups excluding tert-OH is 1. The summed E-state index contributed by atoms with van der Waals surface area (Å²) in [6.07, 6.45) is 4.44. The monoisotopic (exact) mass is 372 g/mol.